The second kappa shape index (κ2) is 2.09. The van der Waals surface area contributed by atoms with Crippen molar-refractivity contribution in [2.45, 2.75) is 0 Å². The Labute approximate surface area is 66.0 Å². The van der Waals surface area contributed by atoms with Gasteiger partial charge in [0.2, 0.25) is 0 Å². The highest BCUT2D eigenvalue weighted by molar-refractivity contribution is 9.10. The Hall–Kier alpha value is -0.830. The second-order valence-corrected chi connectivity index (χ2v) is 2.81. The standard InChI is InChI=1S/C7H4BrNO/c8-6-4-9-3-5-1-2-10-7(5)6/h1-4H. The second-order valence-electron chi connectivity index (χ2n) is 1.96. The van der Waals surface area contributed by atoms with Crippen molar-refractivity contribution < 1.29 is 4.42 Å². The van der Waals surface area contributed by atoms with Crippen LogP contribution in [0, 0.1) is 0 Å². The van der Waals surface area contributed by atoms with E-state index in [1.54, 1.807) is 18.7 Å². The summed E-state index contributed by atoms with van der Waals surface area (Å²) in [4.78, 5) is 3.98. The fourth-order valence-electron chi connectivity index (χ4n) is 0.857. The van der Waals surface area contributed by atoms with Crippen LogP contribution in [0.1, 0.15) is 0 Å². The summed E-state index contributed by atoms with van der Waals surface area (Å²) in [5.41, 5.74) is 0.856. The van der Waals surface area contributed by atoms with Gasteiger partial charge in [-0.3, -0.25) is 4.98 Å². The molecule has 2 heterocycles. The Kier molecular flexibility index (Phi) is 1.24. The molecule has 0 saturated carbocycles. The third kappa shape index (κ3) is 0.743. The zero-order chi connectivity index (χ0) is 6.97. The van der Waals surface area contributed by atoms with E-state index in [4.69, 9.17) is 4.42 Å². The molecule has 0 N–H and O–H groups in total. The minimum Gasteiger partial charge on any atom is -0.463 e. The molecule has 0 aliphatic carbocycles. The normalized spacial score (nSPS) is 10.5. The Balaban J connectivity index is 2.95. The van der Waals surface area contributed by atoms with Gasteiger partial charge < -0.3 is 4.42 Å². The summed E-state index contributed by atoms with van der Waals surface area (Å²) in [5, 5.41) is 1.02. The van der Waals surface area contributed by atoms with Crippen LogP contribution in [0.3, 0.4) is 0 Å². The number of rotatable bonds is 0. The number of halogens is 1. The van der Waals surface area contributed by atoms with Gasteiger partial charge in [-0.15, -0.1) is 0 Å². The van der Waals surface area contributed by atoms with Crippen molar-refractivity contribution in [1.82, 2.24) is 4.98 Å². The van der Waals surface area contributed by atoms with Crippen LogP contribution < -0.4 is 0 Å². The van der Waals surface area contributed by atoms with Crippen LogP contribution in [-0.2, 0) is 0 Å². The molecule has 10 heavy (non-hydrogen) atoms. The summed E-state index contributed by atoms with van der Waals surface area (Å²) in [7, 11) is 0. The zero-order valence-corrected chi connectivity index (χ0v) is 6.63. The number of aromatic nitrogens is 1. The largest absolute Gasteiger partial charge is 0.463 e. The maximum absolute atomic E-state index is 5.16. The number of fused-ring (bicyclic) bond motifs is 1. The lowest BCUT2D eigenvalue weighted by Gasteiger charge is -1.88. The molecule has 0 saturated heterocycles. The Morgan fingerprint density at radius 3 is 3.10 bits per heavy atom. The van der Waals surface area contributed by atoms with Crippen molar-refractivity contribution in [2.75, 3.05) is 0 Å². The maximum atomic E-state index is 5.16. The van der Waals surface area contributed by atoms with Crippen molar-refractivity contribution >= 4 is 26.9 Å². The molecule has 0 aliphatic heterocycles. The van der Waals surface area contributed by atoms with E-state index in [0.29, 0.717) is 0 Å². The summed E-state index contributed by atoms with van der Waals surface area (Å²) in [5.74, 6) is 0. The first-order valence-electron chi connectivity index (χ1n) is 2.84. The highest BCUT2D eigenvalue weighted by Crippen LogP contribution is 2.22. The molecule has 0 bridgehead atoms. The maximum Gasteiger partial charge on any atom is 0.151 e. The lowest BCUT2D eigenvalue weighted by molar-refractivity contribution is 0.613. The van der Waals surface area contributed by atoms with E-state index < -0.39 is 0 Å². The fourth-order valence-corrected chi connectivity index (χ4v) is 1.30. The molecule has 0 aromatic carbocycles. The molecule has 0 unspecified atom stereocenters. The SMILES string of the molecule is Brc1cncc2ccoc12. The van der Waals surface area contributed by atoms with Crippen molar-refractivity contribution in [1.29, 1.82) is 0 Å². The smallest absolute Gasteiger partial charge is 0.151 e. The van der Waals surface area contributed by atoms with E-state index in [1.807, 2.05) is 6.07 Å². The summed E-state index contributed by atoms with van der Waals surface area (Å²) < 4.78 is 6.06. The van der Waals surface area contributed by atoms with Gasteiger partial charge in [0.05, 0.1) is 10.7 Å². The van der Waals surface area contributed by atoms with Crippen LogP contribution in [0.2, 0.25) is 0 Å². The number of hydrogen-bond acceptors (Lipinski definition) is 2. The quantitative estimate of drug-likeness (QED) is 0.650. The fraction of sp³-hybridized carbons (Fsp3) is 0. The molecule has 0 atom stereocenters. The Morgan fingerprint density at radius 1 is 1.40 bits per heavy atom. The molecule has 50 valence electrons. The monoisotopic (exact) mass is 197 g/mol. The first kappa shape index (κ1) is 5.92. The van der Waals surface area contributed by atoms with Gasteiger partial charge in [-0.2, -0.15) is 0 Å². The van der Waals surface area contributed by atoms with Crippen molar-refractivity contribution in [3.63, 3.8) is 0 Å². The lowest BCUT2D eigenvalue weighted by Crippen LogP contribution is -1.70. The van der Waals surface area contributed by atoms with Crippen LogP contribution in [0.15, 0.2) is 33.6 Å². The van der Waals surface area contributed by atoms with Gasteiger partial charge in [0.15, 0.2) is 5.58 Å². The first-order chi connectivity index (χ1) is 4.88. The Bertz CT molecular complexity index is 355. The molecule has 0 spiro atoms. The van der Waals surface area contributed by atoms with Gasteiger partial charge in [0.25, 0.3) is 0 Å². The molecule has 0 aliphatic rings. The van der Waals surface area contributed by atoms with Gasteiger partial charge in [-0.1, -0.05) is 0 Å². The summed E-state index contributed by atoms with van der Waals surface area (Å²) in [6.07, 6.45) is 5.13. The van der Waals surface area contributed by atoms with Gasteiger partial charge in [-0.25, -0.2) is 0 Å². The van der Waals surface area contributed by atoms with Crippen molar-refractivity contribution in [3.05, 3.63) is 29.2 Å². The van der Waals surface area contributed by atoms with Gasteiger partial charge >= 0.3 is 0 Å². The van der Waals surface area contributed by atoms with E-state index in [0.717, 1.165) is 15.4 Å². The average molecular weight is 198 g/mol. The molecule has 2 aromatic heterocycles. The zero-order valence-electron chi connectivity index (χ0n) is 5.04. The summed E-state index contributed by atoms with van der Waals surface area (Å²) >= 11 is 3.32. The molecule has 2 nitrogen and oxygen atoms in total. The van der Waals surface area contributed by atoms with E-state index in [-0.39, 0.29) is 0 Å². The molecule has 2 aromatic rings. The molecule has 0 amide bonds. The molecular formula is C7H4BrNO. The van der Waals surface area contributed by atoms with E-state index in [1.165, 1.54) is 0 Å². The van der Waals surface area contributed by atoms with Gasteiger partial charge in [0, 0.05) is 17.8 Å². The highest BCUT2D eigenvalue weighted by Gasteiger charge is 1.99. The predicted octanol–water partition coefficient (Wildman–Crippen LogP) is 2.59. The number of nitrogens with zero attached hydrogens (tertiary/aromatic N) is 1. The topological polar surface area (TPSA) is 26.0 Å². The van der Waals surface area contributed by atoms with Crippen LogP contribution in [0.5, 0.6) is 0 Å². The minimum absolute atomic E-state index is 0.856. The van der Waals surface area contributed by atoms with Crippen LogP contribution in [-0.4, -0.2) is 4.98 Å². The van der Waals surface area contributed by atoms with Crippen molar-refractivity contribution in [2.24, 2.45) is 0 Å². The number of hydrogen-bond donors (Lipinski definition) is 0. The number of furan rings is 1. The summed E-state index contributed by atoms with van der Waals surface area (Å²) in [6, 6.07) is 1.88. The predicted molar refractivity (Wildman–Crippen MR) is 41.7 cm³/mol. The third-order valence-electron chi connectivity index (χ3n) is 1.31. The minimum atomic E-state index is 0.856. The molecule has 0 fully saturated rings. The molecule has 0 radical (unpaired) electrons. The third-order valence-corrected chi connectivity index (χ3v) is 1.88. The highest BCUT2D eigenvalue weighted by atomic mass is 79.9. The van der Waals surface area contributed by atoms with Crippen LogP contribution in [0.25, 0.3) is 11.0 Å². The molecule has 2 rings (SSSR count). The van der Waals surface area contributed by atoms with Crippen LogP contribution >= 0.6 is 15.9 Å². The first-order valence-corrected chi connectivity index (χ1v) is 3.64. The van der Waals surface area contributed by atoms with Gasteiger partial charge in [0.1, 0.15) is 0 Å². The average Bonchev–Trinajstić information content (AvgIpc) is 2.36. The van der Waals surface area contributed by atoms with Gasteiger partial charge in [-0.05, 0) is 22.0 Å². The molecular weight excluding hydrogens is 194 g/mol. The van der Waals surface area contributed by atoms with Crippen molar-refractivity contribution in [3.8, 4) is 0 Å². The lowest BCUT2D eigenvalue weighted by atomic mass is 10.3. The van der Waals surface area contributed by atoms with Crippen LogP contribution in [0.4, 0.5) is 0 Å². The van der Waals surface area contributed by atoms with E-state index in [2.05, 4.69) is 20.9 Å². The molecule has 3 heteroatoms. The van der Waals surface area contributed by atoms with E-state index in [9.17, 15) is 0 Å². The summed E-state index contributed by atoms with van der Waals surface area (Å²) in [6.45, 7) is 0. The Morgan fingerprint density at radius 2 is 2.30 bits per heavy atom. The van der Waals surface area contributed by atoms with E-state index >= 15 is 0 Å². The number of pyridine rings is 1.